The van der Waals surface area contributed by atoms with Gasteiger partial charge in [-0.2, -0.15) is 0 Å². The molecule has 0 saturated carbocycles. The van der Waals surface area contributed by atoms with Crippen LogP contribution in [0.4, 0.5) is 0 Å². The van der Waals surface area contributed by atoms with Crippen LogP contribution in [0.2, 0.25) is 0 Å². The molecule has 0 radical (unpaired) electrons. The lowest BCUT2D eigenvalue weighted by atomic mass is 9.92. The minimum atomic E-state index is -0.200. The number of ether oxygens (including phenoxy) is 1. The number of rotatable bonds is 6. The summed E-state index contributed by atoms with van der Waals surface area (Å²) in [5, 5.41) is 14.4. The van der Waals surface area contributed by atoms with Gasteiger partial charge in [-0.25, -0.2) is 0 Å². The van der Waals surface area contributed by atoms with Gasteiger partial charge in [0.25, 0.3) is 5.91 Å². The largest absolute Gasteiger partial charge is 0.483 e. The molecule has 0 saturated heterocycles. The standard InChI is InChI=1S/C15H23N3O3/c1-15(2,3)8-9-17-13(19)10-21-12-7-5-4-6-11(12)14(16)18-20/h4-7,20H,8-10H2,1-3H3,(H2,16,18)(H,17,19). The third kappa shape index (κ3) is 6.16. The van der Waals surface area contributed by atoms with Gasteiger partial charge in [0, 0.05) is 6.54 Å². The van der Waals surface area contributed by atoms with Crippen LogP contribution >= 0.6 is 0 Å². The summed E-state index contributed by atoms with van der Waals surface area (Å²) in [6.07, 6.45) is 0.888. The number of hydrogen-bond acceptors (Lipinski definition) is 4. The fourth-order valence-corrected chi connectivity index (χ4v) is 1.63. The van der Waals surface area contributed by atoms with E-state index in [1.807, 2.05) is 0 Å². The first kappa shape index (κ1) is 16.8. The summed E-state index contributed by atoms with van der Waals surface area (Å²) in [4.78, 5) is 11.7. The van der Waals surface area contributed by atoms with Crippen LogP contribution in [0, 0.1) is 5.41 Å². The first-order valence-corrected chi connectivity index (χ1v) is 6.80. The molecule has 1 rings (SSSR count). The summed E-state index contributed by atoms with van der Waals surface area (Å²) in [6.45, 7) is 6.84. The van der Waals surface area contributed by atoms with Crippen molar-refractivity contribution < 1.29 is 14.7 Å². The molecule has 1 amide bonds. The van der Waals surface area contributed by atoms with Crippen LogP contribution in [0.3, 0.4) is 0 Å². The summed E-state index contributed by atoms with van der Waals surface area (Å²) in [5.74, 6) is 0.145. The lowest BCUT2D eigenvalue weighted by Gasteiger charge is -2.18. The quantitative estimate of drug-likeness (QED) is 0.322. The minimum absolute atomic E-state index is 0.0567. The summed E-state index contributed by atoms with van der Waals surface area (Å²) >= 11 is 0. The molecular formula is C15H23N3O3. The number of amidine groups is 1. The van der Waals surface area contributed by atoms with Crippen molar-refractivity contribution in [1.82, 2.24) is 5.32 Å². The van der Waals surface area contributed by atoms with E-state index in [2.05, 4.69) is 31.2 Å². The zero-order chi connectivity index (χ0) is 15.9. The van der Waals surface area contributed by atoms with Crippen molar-refractivity contribution in [2.24, 2.45) is 16.3 Å². The maximum Gasteiger partial charge on any atom is 0.257 e. The molecule has 0 aliphatic rings. The van der Waals surface area contributed by atoms with Gasteiger partial charge in [-0.05, 0) is 24.0 Å². The van der Waals surface area contributed by atoms with Gasteiger partial charge < -0.3 is 21.0 Å². The summed E-state index contributed by atoms with van der Waals surface area (Å²) in [7, 11) is 0. The van der Waals surface area contributed by atoms with Gasteiger partial charge in [0.1, 0.15) is 5.75 Å². The van der Waals surface area contributed by atoms with E-state index in [0.717, 1.165) is 6.42 Å². The molecule has 0 bridgehead atoms. The molecule has 0 spiro atoms. The number of nitrogens with two attached hydrogens (primary N) is 1. The average Bonchev–Trinajstić information content (AvgIpc) is 2.43. The number of para-hydroxylation sites is 1. The number of nitrogens with one attached hydrogen (secondary N) is 1. The maximum absolute atomic E-state index is 11.7. The van der Waals surface area contributed by atoms with Crippen molar-refractivity contribution in [2.75, 3.05) is 13.2 Å². The second-order valence-electron chi connectivity index (χ2n) is 5.93. The highest BCUT2D eigenvalue weighted by molar-refractivity contribution is 5.99. The fourth-order valence-electron chi connectivity index (χ4n) is 1.63. The van der Waals surface area contributed by atoms with Gasteiger partial charge in [0.2, 0.25) is 0 Å². The summed E-state index contributed by atoms with van der Waals surface area (Å²) in [5.41, 5.74) is 6.17. The molecule has 4 N–H and O–H groups in total. The van der Waals surface area contributed by atoms with Crippen LogP contribution in [0.25, 0.3) is 0 Å². The van der Waals surface area contributed by atoms with E-state index in [-0.39, 0.29) is 23.8 Å². The smallest absolute Gasteiger partial charge is 0.257 e. The molecule has 0 aromatic heterocycles. The van der Waals surface area contributed by atoms with Crippen LogP contribution in [0.1, 0.15) is 32.8 Å². The fraction of sp³-hybridized carbons (Fsp3) is 0.467. The van der Waals surface area contributed by atoms with Gasteiger partial charge >= 0.3 is 0 Å². The molecule has 0 aliphatic heterocycles. The van der Waals surface area contributed by atoms with E-state index in [0.29, 0.717) is 17.9 Å². The van der Waals surface area contributed by atoms with E-state index in [9.17, 15) is 4.79 Å². The third-order valence-corrected chi connectivity index (χ3v) is 2.83. The van der Waals surface area contributed by atoms with Crippen molar-refractivity contribution in [2.45, 2.75) is 27.2 Å². The van der Waals surface area contributed by atoms with Gasteiger partial charge in [-0.1, -0.05) is 38.1 Å². The SMILES string of the molecule is CC(C)(C)CCNC(=O)COc1ccccc1/C(N)=N/O. The number of amides is 1. The molecule has 1 aromatic carbocycles. The van der Waals surface area contributed by atoms with Crippen molar-refractivity contribution in [1.29, 1.82) is 0 Å². The molecule has 0 fully saturated rings. The lowest BCUT2D eigenvalue weighted by Crippen LogP contribution is -2.31. The molecule has 6 heteroatoms. The summed E-state index contributed by atoms with van der Waals surface area (Å²) in [6, 6.07) is 6.81. The lowest BCUT2D eigenvalue weighted by molar-refractivity contribution is -0.123. The first-order valence-electron chi connectivity index (χ1n) is 6.80. The molecule has 0 heterocycles. The highest BCUT2D eigenvalue weighted by atomic mass is 16.5. The normalized spacial score (nSPS) is 12.0. The van der Waals surface area contributed by atoms with E-state index in [4.69, 9.17) is 15.7 Å². The molecule has 21 heavy (non-hydrogen) atoms. The molecule has 116 valence electrons. The Morgan fingerprint density at radius 1 is 1.38 bits per heavy atom. The van der Waals surface area contributed by atoms with Crippen molar-refractivity contribution in [3.8, 4) is 5.75 Å². The maximum atomic E-state index is 11.7. The van der Waals surface area contributed by atoms with Crippen molar-refractivity contribution in [3.63, 3.8) is 0 Å². The number of hydrogen-bond donors (Lipinski definition) is 3. The van der Waals surface area contributed by atoms with Crippen LogP contribution in [-0.4, -0.2) is 30.1 Å². The van der Waals surface area contributed by atoms with Gasteiger partial charge in [0.15, 0.2) is 12.4 Å². The number of carbonyl (C=O) groups is 1. The monoisotopic (exact) mass is 293 g/mol. The number of carbonyl (C=O) groups excluding carboxylic acids is 1. The zero-order valence-electron chi connectivity index (χ0n) is 12.7. The first-order chi connectivity index (χ1) is 9.83. The van der Waals surface area contributed by atoms with Crippen LogP contribution < -0.4 is 15.8 Å². The summed E-state index contributed by atoms with van der Waals surface area (Å²) < 4.78 is 5.42. The van der Waals surface area contributed by atoms with Gasteiger partial charge in [-0.3, -0.25) is 4.79 Å². The van der Waals surface area contributed by atoms with Crippen LogP contribution in [0.15, 0.2) is 29.4 Å². The second kappa shape index (κ2) is 7.52. The Morgan fingerprint density at radius 2 is 2.05 bits per heavy atom. The molecular weight excluding hydrogens is 270 g/mol. The van der Waals surface area contributed by atoms with E-state index < -0.39 is 0 Å². The van der Waals surface area contributed by atoms with Crippen LogP contribution in [0.5, 0.6) is 5.75 Å². The third-order valence-electron chi connectivity index (χ3n) is 2.83. The number of oxime groups is 1. The van der Waals surface area contributed by atoms with Crippen LogP contribution in [-0.2, 0) is 4.79 Å². The predicted octanol–water partition coefficient (Wildman–Crippen LogP) is 1.71. The second-order valence-corrected chi connectivity index (χ2v) is 5.93. The molecule has 1 aromatic rings. The minimum Gasteiger partial charge on any atom is -0.483 e. The Kier molecular flexibility index (Phi) is 6.02. The molecule has 0 aliphatic carbocycles. The van der Waals surface area contributed by atoms with Crippen molar-refractivity contribution in [3.05, 3.63) is 29.8 Å². The van der Waals surface area contributed by atoms with Gasteiger partial charge in [-0.15, -0.1) is 0 Å². The zero-order valence-corrected chi connectivity index (χ0v) is 12.7. The molecule has 6 nitrogen and oxygen atoms in total. The Balaban J connectivity index is 2.50. The average molecular weight is 293 g/mol. The van der Waals surface area contributed by atoms with Gasteiger partial charge in [0.05, 0.1) is 5.56 Å². The Labute approximate surface area is 125 Å². The Bertz CT molecular complexity index is 507. The van der Waals surface area contributed by atoms with E-state index >= 15 is 0 Å². The topological polar surface area (TPSA) is 96.9 Å². The number of benzene rings is 1. The number of nitrogens with zero attached hydrogens (tertiary/aromatic N) is 1. The molecule has 0 unspecified atom stereocenters. The highest BCUT2D eigenvalue weighted by Gasteiger charge is 2.12. The van der Waals surface area contributed by atoms with Crippen molar-refractivity contribution >= 4 is 11.7 Å². The predicted molar refractivity (Wildman–Crippen MR) is 81.5 cm³/mol. The van der Waals surface area contributed by atoms with E-state index in [1.165, 1.54) is 0 Å². The molecule has 0 atom stereocenters. The van der Waals surface area contributed by atoms with E-state index in [1.54, 1.807) is 24.3 Å². The Morgan fingerprint density at radius 3 is 2.67 bits per heavy atom. The Hall–Kier alpha value is -2.24. The highest BCUT2D eigenvalue weighted by Crippen LogP contribution is 2.18.